The molecule has 2 N–H and O–H groups in total. The molecule has 1 atom stereocenters. The minimum absolute atomic E-state index is 0.0839. The van der Waals surface area contributed by atoms with Crippen LogP contribution in [0.25, 0.3) is 0 Å². The molecule has 0 aliphatic rings. The fraction of sp³-hybridized carbons (Fsp3) is 0.462. The molecule has 112 valence electrons. The topological polar surface area (TPSA) is 41.1 Å². The van der Waals surface area contributed by atoms with Gasteiger partial charge in [-0.25, -0.2) is 0 Å². The van der Waals surface area contributed by atoms with Crippen molar-refractivity contribution in [3.8, 4) is 0 Å². The van der Waals surface area contributed by atoms with Gasteiger partial charge >= 0.3 is 6.18 Å². The molecule has 0 fully saturated rings. The first kappa shape index (κ1) is 16.6. The van der Waals surface area contributed by atoms with Gasteiger partial charge in [0, 0.05) is 6.54 Å². The smallest absolute Gasteiger partial charge is 0.373 e. The third kappa shape index (κ3) is 4.59. The summed E-state index contributed by atoms with van der Waals surface area (Å²) in [6.45, 7) is 3.98. The van der Waals surface area contributed by atoms with Crippen molar-refractivity contribution in [3.05, 3.63) is 28.8 Å². The number of hydrogen-bond acceptors (Lipinski definition) is 2. The Labute approximate surface area is 120 Å². The van der Waals surface area contributed by atoms with Crippen LogP contribution in [0.1, 0.15) is 25.8 Å². The van der Waals surface area contributed by atoms with Gasteiger partial charge < -0.3 is 10.6 Å². The molecule has 0 bridgehead atoms. The molecule has 0 spiro atoms. The molecule has 1 unspecified atom stereocenters. The van der Waals surface area contributed by atoms with Crippen LogP contribution in [-0.4, -0.2) is 18.5 Å². The first-order chi connectivity index (χ1) is 9.25. The van der Waals surface area contributed by atoms with E-state index in [0.29, 0.717) is 6.54 Å². The lowest BCUT2D eigenvalue weighted by Crippen LogP contribution is -2.37. The van der Waals surface area contributed by atoms with E-state index < -0.39 is 17.8 Å². The number of benzene rings is 1. The van der Waals surface area contributed by atoms with Crippen LogP contribution in [0.4, 0.5) is 18.9 Å². The van der Waals surface area contributed by atoms with Crippen LogP contribution in [0.2, 0.25) is 5.02 Å². The predicted octanol–water partition coefficient (Wildman–Crippen LogP) is 3.69. The van der Waals surface area contributed by atoms with E-state index in [1.54, 1.807) is 6.92 Å². The van der Waals surface area contributed by atoms with Gasteiger partial charge in [-0.2, -0.15) is 13.2 Å². The normalized spacial score (nSPS) is 12.9. The van der Waals surface area contributed by atoms with E-state index in [1.807, 2.05) is 6.92 Å². The van der Waals surface area contributed by atoms with E-state index in [0.717, 1.165) is 24.6 Å². The molecule has 0 saturated heterocycles. The number of carbonyl (C=O) groups is 1. The Morgan fingerprint density at radius 3 is 2.60 bits per heavy atom. The highest BCUT2D eigenvalue weighted by Gasteiger charge is 2.31. The molecule has 1 aromatic carbocycles. The largest absolute Gasteiger partial charge is 0.416 e. The number of hydrogen-bond donors (Lipinski definition) is 2. The van der Waals surface area contributed by atoms with Crippen LogP contribution in [-0.2, 0) is 11.0 Å². The second-order valence-electron chi connectivity index (χ2n) is 4.35. The number of halogens is 4. The summed E-state index contributed by atoms with van der Waals surface area (Å²) in [7, 11) is 0. The van der Waals surface area contributed by atoms with E-state index in [2.05, 4.69) is 10.6 Å². The molecule has 1 amide bonds. The number of anilines is 1. The number of carbonyl (C=O) groups excluding carboxylic acids is 1. The fourth-order valence-corrected chi connectivity index (χ4v) is 1.68. The Kier molecular flexibility index (Phi) is 5.68. The standard InChI is InChI=1S/C13H16ClF3N2O/c1-3-6-18-12(20)8(2)19-11-7-9(13(15,16)17)4-5-10(11)14/h4-5,7-8,19H,3,6H2,1-2H3,(H,18,20). The van der Waals surface area contributed by atoms with Crippen LogP contribution >= 0.6 is 11.6 Å². The van der Waals surface area contributed by atoms with Gasteiger partial charge in [0.2, 0.25) is 5.91 Å². The quantitative estimate of drug-likeness (QED) is 0.871. The first-order valence-corrected chi connectivity index (χ1v) is 6.54. The number of nitrogens with one attached hydrogen (secondary N) is 2. The van der Waals surface area contributed by atoms with Crippen molar-refractivity contribution in [1.82, 2.24) is 5.32 Å². The lowest BCUT2D eigenvalue weighted by molar-refractivity contribution is -0.137. The van der Waals surface area contributed by atoms with Crippen LogP contribution in [0.5, 0.6) is 0 Å². The van der Waals surface area contributed by atoms with E-state index in [4.69, 9.17) is 11.6 Å². The highest BCUT2D eigenvalue weighted by atomic mass is 35.5. The van der Waals surface area contributed by atoms with Gasteiger partial charge in [-0.05, 0) is 31.5 Å². The van der Waals surface area contributed by atoms with Crippen molar-refractivity contribution >= 4 is 23.2 Å². The van der Waals surface area contributed by atoms with Gasteiger partial charge in [0.25, 0.3) is 0 Å². The maximum Gasteiger partial charge on any atom is 0.416 e. The van der Waals surface area contributed by atoms with Crippen LogP contribution < -0.4 is 10.6 Å². The Morgan fingerprint density at radius 2 is 2.05 bits per heavy atom. The lowest BCUT2D eigenvalue weighted by atomic mass is 10.1. The molecular formula is C13H16ClF3N2O. The average molecular weight is 309 g/mol. The van der Waals surface area contributed by atoms with Crippen molar-refractivity contribution < 1.29 is 18.0 Å². The van der Waals surface area contributed by atoms with E-state index in [1.165, 1.54) is 0 Å². The van der Waals surface area contributed by atoms with Crippen molar-refractivity contribution in [2.45, 2.75) is 32.5 Å². The predicted molar refractivity (Wildman–Crippen MR) is 72.8 cm³/mol. The Balaban J connectivity index is 2.83. The lowest BCUT2D eigenvalue weighted by Gasteiger charge is -2.17. The van der Waals surface area contributed by atoms with E-state index >= 15 is 0 Å². The molecule has 0 radical (unpaired) electrons. The Bertz CT molecular complexity index is 477. The minimum Gasteiger partial charge on any atom is -0.373 e. The van der Waals surface area contributed by atoms with Crippen LogP contribution in [0.3, 0.4) is 0 Å². The van der Waals surface area contributed by atoms with Crippen molar-refractivity contribution in [3.63, 3.8) is 0 Å². The summed E-state index contributed by atoms with van der Waals surface area (Å²) in [6.07, 6.45) is -3.67. The number of rotatable bonds is 5. The van der Waals surface area contributed by atoms with Crippen LogP contribution in [0, 0.1) is 0 Å². The van der Waals surface area contributed by atoms with Gasteiger partial charge in [-0.3, -0.25) is 4.79 Å². The summed E-state index contributed by atoms with van der Waals surface area (Å²) in [6, 6.07) is 2.27. The van der Waals surface area contributed by atoms with E-state index in [-0.39, 0.29) is 16.6 Å². The zero-order valence-electron chi connectivity index (χ0n) is 11.1. The molecule has 0 heterocycles. The molecule has 0 aliphatic carbocycles. The summed E-state index contributed by atoms with van der Waals surface area (Å²) in [5.41, 5.74) is -0.730. The van der Waals surface area contributed by atoms with Crippen molar-refractivity contribution in [2.24, 2.45) is 0 Å². The zero-order valence-corrected chi connectivity index (χ0v) is 11.9. The molecular weight excluding hydrogens is 293 g/mol. The van der Waals surface area contributed by atoms with E-state index in [9.17, 15) is 18.0 Å². The highest BCUT2D eigenvalue weighted by molar-refractivity contribution is 6.33. The highest BCUT2D eigenvalue weighted by Crippen LogP contribution is 2.33. The Morgan fingerprint density at radius 1 is 1.40 bits per heavy atom. The zero-order chi connectivity index (χ0) is 15.3. The summed E-state index contributed by atoms with van der Waals surface area (Å²) in [4.78, 5) is 11.7. The number of alkyl halides is 3. The maximum atomic E-state index is 12.6. The van der Waals surface area contributed by atoms with Gasteiger partial charge in [0.1, 0.15) is 6.04 Å². The van der Waals surface area contributed by atoms with Crippen LogP contribution in [0.15, 0.2) is 18.2 Å². The van der Waals surface area contributed by atoms with Gasteiger partial charge in [-0.1, -0.05) is 18.5 Å². The fourth-order valence-electron chi connectivity index (χ4n) is 1.51. The minimum atomic E-state index is -4.45. The molecule has 1 aromatic rings. The summed E-state index contributed by atoms with van der Waals surface area (Å²) < 4.78 is 37.8. The molecule has 1 rings (SSSR count). The summed E-state index contributed by atoms with van der Waals surface area (Å²) >= 11 is 5.84. The Hall–Kier alpha value is -1.43. The SMILES string of the molecule is CCCNC(=O)C(C)Nc1cc(C(F)(F)F)ccc1Cl. The van der Waals surface area contributed by atoms with Gasteiger partial charge in [-0.15, -0.1) is 0 Å². The maximum absolute atomic E-state index is 12.6. The summed E-state index contributed by atoms with van der Waals surface area (Å²) in [5.74, 6) is -0.291. The molecule has 7 heteroatoms. The van der Waals surface area contributed by atoms with Gasteiger partial charge in [0.15, 0.2) is 0 Å². The second kappa shape index (κ2) is 6.83. The third-order valence-electron chi connectivity index (χ3n) is 2.61. The first-order valence-electron chi connectivity index (χ1n) is 6.16. The molecule has 0 saturated carbocycles. The second-order valence-corrected chi connectivity index (χ2v) is 4.76. The monoisotopic (exact) mass is 308 g/mol. The average Bonchev–Trinajstić information content (AvgIpc) is 2.37. The third-order valence-corrected chi connectivity index (χ3v) is 2.94. The van der Waals surface area contributed by atoms with Crippen molar-refractivity contribution in [2.75, 3.05) is 11.9 Å². The van der Waals surface area contributed by atoms with Crippen molar-refractivity contribution in [1.29, 1.82) is 0 Å². The molecule has 20 heavy (non-hydrogen) atoms. The number of amides is 1. The van der Waals surface area contributed by atoms with Gasteiger partial charge in [0.05, 0.1) is 16.3 Å². The molecule has 0 aromatic heterocycles. The molecule has 0 aliphatic heterocycles. The molecule has 3 nitrogen and oxygen atoms in total. The summed E-state index contributed by atoms with van der Waals surface area (Å²) in [5, 5.41) is 5.47.